The number of fused-ring (bicyclic) bond motifs is 1. The van der Waals surface area contributed by atoms with Crippen LogP contribution in [0.2, 0.25) is 0 Å². The Kier molecular flexibility index (Phi) is 4.24. The molecule has 0 aliphatic rings. The maximum atomic E-state index is 12.9. The highest BCUT2D eigenvalue weighted by Crippen LogP contribution is 2.10. The minimum Gasteiger partial charge on any atom is -0.320 e. The first-order chi connectivity index (χ1) is 11.5. The van der Waals surface area contributed by atoms with E-state index in [-0.39, 0.29) is 17.9 Å². The van der Waals surface area contributed by atoms with Crippen molar-refractivity contribution in [2.75, 3.05) is 12.4 Å². The van der Waals surface area contributed by atoms with Crippen molar-refractivity contribution in [1.29, 1.82) is 0 Å². The summed E-state index contributed by atoms with van der Waals surface area (Å²) in [5.41, 5.74) is 0.805. The summed E-state index contributed by atoms with van der Waals surface area (Å²) in [6.45, 7) is 0.132. The van der Waals surface area contributed by atoms with Crippen LogP contribution in [0.5, 0.6) is 0 Å². The lowest BCUT2D eigenvalue weighted by molar-refractivity contribution is 0.219. The zero-order chi connectivity index (χ0) is 17.1. The number of anilines is 1. The van der Waals surface area contributed by atoms with Gasteiger partial charge in [0.05, 0.1) is 17.4 Å². The van der Waals surface area contributed by atoms with Crippen molar-refractivity contribution in [2.24, 2.45) is 0 Å². The third-order valence-electron chi connectivity index (χ3n) is 3.49. The van der Waals surface area contributed by atoms with E-state index >= 15 is 0 Å². The molecule has 0 bridgehead atoms. The molecule has 1 heterocycles. The molecular formula is C17H15FN4O2. The number of hydrogen-bond donors (Lipinski definition) is 2. The van der Waals surface area contributed by atoms with Crippen molar-refractivity contribution in [3.05, 3.63) is 70.5 Å². The van der Waals surface area contributed by atoms with Crippen LogP contribution < -0.4 is 10.9 Å². The van der Waals surface area contributed by atoms with Gasteiger partial charge < -0.3 is 15.2 Å². The average molecular weight is 326 g/mol. The predicted octanol–water partition coefficient (Wildman–Crippen LogP) is 2.73. The number of rotatable bonds is 3. The van der Waals surface area contributed by atoms with Gasteiger partial charge in [-0.15, -0.1) is 0 Å². The van der Waals surface area contributed by atoms with Gasteiger partial charge in [-0.1, -0.05) is 12.1 Å². The van der Waals surface area contributed by atoms with Gasteiger partial charge in [-0.3, -0.25) is 4.79 Å². The molecule has 0 aliphatic carbocycles. The summed E-state index contributed by atoms with van der Waals surface area (Å²) in [5.74, 6) is 0.00903. The number of aromatic nitrogens is 2. The summed E-state index contributed by atoms with van der Waals surface area (Å²) < 4.78 is 12.9. The minimum atomic E-state index is -0.391. The number of carbonyl (C=O) groups excluding carboxylic acids is 1. The lowest BCUT2D eigenvalue weighted by atomic mass is 10.2. The third-order valence-corrected chi connectivity index (χ3v) is 3.49. The molecule has 6 nitrogen and oxygen atoms in total. The first kappa shape index (κ1) is 15.7. The number of nitrogens with zero attached hydrogens (tertiary/aromatic N) is 2. The van der Waals surface area contributed by atoms with Crippen molar-refractivity contribution in [2.45, 2.75) is 6.54 Å². The fourth-order valence-electron chi connectivity index (χ4n) is 2.26. The van der Waals surface area contributed by atoms with Gasteiger partial charge in [0.1, 0.15) is 11.6 Å². The molecule has 0 unspecified atom stereocenters. The Labute approximate surface area is 137 Å². The van der Waals surface area contributed by atoms with Crippen LogP contribution in [0.4, 0.5) is 14.9 Å². The van der Waals surface area contributed by atoms with Crippen molar-refractivity contribution < 1.29 is 9.18 Å². The SMILES string of the molecule is CN(Cc1nc2ccccc2c(=O)[nH]1)C(=O)Nc1ccc(F)cc1. The second kappa shape index (κ2) is 6.49. The van der Waals surface area contributed by atoms with E-state index in [0.29, 0.717) is 22.4 Å². The Morgan fingerprint density at radius 3 is 2.67 bits per heavy atom. The summed E-state index contributed by atoms with van der Waals surface area (Å²) in [5, 5.41) is 3.14. The molecule has 1 aromatic heterocycles. The van der Waals surface area contributed by atoms with Crippen LogP contribution in [0.3, 0.4) is 0 Å². The fraction of sp³-hybridized carbons (Fsp3) is 0.118. The molecule has 7 heteroatoms. The molecule has 0 radical (unpaired) electrons. The Hall–Kier alpha value is -3.22. The molecule has 24 heavy (non-hydrogen) atoms. The molecule has 0 saturated carbocycles. The molecule has 3 aromatic rings. The Morgan fingerprint density at radius 2 is 1.92 bits per heavy atom. The molecule has 0 aliphatic heterocycles. The smallest absolute Gasteiger partial charge is 0.320 e. The van der Waals surface area contributed by atoms with Gasteiger partial charge in [-0.25, -0.2) is 14.2 Å². The first-order valence-corrected chi connectivity index (χ1v) is 7.28. The van der Waals surface area contributed by atoms with E-state index in [1.807, 2.05) is 0 Å². The van der Waals surface area contributed by atoms with Crippen LogP contribution in [-0.4, -0.2) is 27.9 Å². The second-order valence-corrected chi connectivity index (χ2v) is 5.32. The average Bonchev–Trinajstić information content (AvgIpc) is 2.57. The van der Waals surface area contributed by atoms with Crippen molar-refractivity contribution in [3.8, 4) is 0 Å². The highest BCUT2D eigenvalue weighted by molar-refractivity contribution is 5.89. The minimum absolute atomic E-state index is 0.132. The van der Waals surface area contributed by atoms with Crippen LogP contribution in [-0.2, 0) is 6.54 Å². The molecule has 2 N–H and O–H groups in total. The van der Waals surface area contributed by atoms with E-state index in [9.17, 15) is 14.0 Å². The van der Waals surface area contributed by atoms with Crippen molar-refractivity contribution in [1.82, 2.24) is 14.9 Å². The fourth-order valence-corrected chi connectivity index (χ4v) is 2.26. The van der Waals surface area contributed by atoms with Crippen LogP contribution >= 0.6 is 0 Å². The van der Waals surface area contributed by atoms with E-state index in [0.717, 1.165) is 0 Å². The number of aromatic amines is 1. The van der Waals surface area contributed by atoms with Gasteiger partial charge in [0.15, 0.2) is 0 Å². The zero-order valence-corrected chi connectivity index (χ0v) is 12.9. The van der Waals surface area contributed by atoms with Crippen LogP contribution in [0.1, 0.15) is 5.82 Å². The van der Waals surface area contributed by atoms with E-state index in [4.69, 9.17) is 0 Å². The molecule has 0 fully saturated rings. The molecule has 0 saturated heterocycles. The molecular weight excluding hydrogens is 311 g/mol. The Balaban J connectivity index is 1.74. The van der Waals surface area contributed by atoms with Gasteiger partial charge in [0.2, 0.25) is 0 Å². The molecule has 3 rings (SSSR count). The first-order valence-electron chi connectivity index (χ1n) is 7.28. The number of amides is 2. The molecule has 122 valence electrons. The van der Waals surface area contributed by atoms with Gasteiger partial charge in [0, 0.05) is 12.7 Å². The quantitative estimate of drug-likeness (QED) is 0.777. The van der Waals surface area contributed by atoms with Gasteiger partial charge in [-0.05, 0) is 36.4 Å². The summed E-state index contributed by atoms with van der Waals surface area (Å²) in [4.78, 5) is 32.6. The van der Waals surface area contributed by atoms with Gasteiger partial charge in [-0.2, -0.15) is 0 Å². The number of benzene rings is 2. The number of nitrogens with one attached hydrogen (secondary N) is 2. The molecule has 2 amide bonds. The number of hydrogen-bond acceptors (Lipinski definition) is 3. The number of para-hydroxylation sites is 1. The van der Waals surface area contributed by atoms with Gasteiger partial charge in [0.25, 0.3) is 5.56 Å². The van der Waals surface area contributed by atoms with Crippen LogP contribution in [0.25, 0.3) is 10.9 Å². The number of H-pyrrole nitrogens is 1. The van der Waals surface area contributed by atoms with Crippen LogP contribution in [0, 0.1) is 5.82 Å². The van der Waals surface area contributed by atoms with Gasteiger partial charge >= 0.3 is 6.03 Å². The van der Waals surface area contributed by atoms with E-state index < -0.39 is 6.03 Å². The summed E-state index contributed by atoms with van der Waals surface area (Å²) in [6, 6.07) is 12.1. The Morgan fingerprint density at radius 1 is 1.21 bits per heavy atom. The summed E-state index contributed by atoms with van der Waals surface area (Å²) in [6.07, 6.45) is 0. The number of carbonyl (C=O) groups is 1. The third kappa shape index (κ3) is 3.40. The lowest BCUT2D eigenvalue weighted by Crippen LogP contribution is -2.32. The van der Waals surface area contributed by atoms with Crippen LogP contribution in [0.15, 0.2) is 53.3 Å². The zero-order valence-electron chi connectivity index (χ0n) is 12.9. The summed E-state index contributed by atoms with van der Waals surface area (Å²) >= 11 is 0. The standard InChI is InChI=1S/C17H15FN4O2/c1-22(17(24)19-12-8-6-11(18)7-9-12)10-15-20-14-5-3-2-4-13(14)16(23)21-15/h2-9H,10H2,1H3,(H,19,24)(H,20,21,23). The second-order valence-electron chi connectivity index (χ2n) is 5.32. The monoisotopic (exact) mass is 326 g/mol. The van der Waals surface area contributed by atoms with Crippen molar-refractivity contribution >= 4 is 22.6 Å². The maximum absolute atomic E-state index is 12.9. The maximum Gasteiger partial charge on any atom is 0.321 e. The molecule has 2 aromatic carbocycles. The van der Waals surface area contributed by atoms with E-state index in [1.54, 1.807) is 31.3 Å². The normalized spacial score (nSPS) is 10.6. The lowest BCUT2D eigenvalue weighted by Gasteiger charge is -2.17. The molecule has 0 spiro atoms. The topological polar surface area (TPSA) is 78.1 Å². The largest absolute Gasteiger partial charge is 0.321 e. The van der Waals surface area contributed by atoms with E-state index in [1.165, 1.54) is 29.2 Å². The van der Waals surface area contributed by atoms with E-state index in [2.05, 4.69) is 15.3 Å². The summed E-state index contributed by atoms with van der Waals surface area (Å²) in [7, 11) is 1.58. The number of halogens is 1. The number of urea groups is 1. The predicted molar refractivity (Wildman–Crippen MR) is 89.2 cm³/mol. The Bertz CT molecular complexity index is 937. The molecule has 0 atom stereocenters. The highest BCUT2D eigenvalue weighted by Gasteiger charge is 2.12. The highest BCUT2D eigenvalue weighted by atomic mass is 19.1. The van der Waals surface area contributed by atoms with Crippen molar-refractivity contribution in [3.63, 3.8) is 0 Å².